The van der Waals surface area contributed by atoms with Gasteiger partial charge in [-0.15, -0.1) is 0 Å². The second-order valence-corrected chi connectivity index (χ2v) is 5.31. The van der Waals surface area contributed by atoms with E-state index in [-0.39, 0.29) is 21.5 Å². The van der Waals surface area contributed by atoms with E-state index >= 15 is 0 Å². The highest BCUT2D eigenvalue weighted by Gasteiger charge is 2.28. The number of nitro benzene ring substituents is 1. The molecule has 0 radical (unpaired) electrons. The second kappa shape index (κ2) is 5.94. The van der Waals surface area contributed by atoms with Crippen LogP contribution in [-0.4, -0.2) is 22.2 Å². The summed E-state index contributed by atoms with van der Waals surface area (Å²) in [6.45, 7) is 0. The van der Waals surface area contributed by atoms with Crippen molar-refractivity contribution >= 4 is 28.9 Å². The van der Waals surface area contributed by atoms with E-state index in [1.54, 1.807) is 0 Å². The molecule has 1 fully saturated rings. The Morgan fingerprint density at radius 1 is 1.26 bits per heavy atom. The van der Waals surface area contributed by atoms with E-state index in [1.807, 2.05) is 0 Å². The smallest absolute Gasteiger partial charge is 0.312 e. The highest BCUT2D eigenvalue weighted by atomic mass is 35.5. The molecule has 0 aromatic heterocycles. The van der Waals surface area contributed by atoms with Crippen molar-refractivity contribution in [1.82, 2.24) is 0 Å². The molecule has 1 aliphatic rings. The van der Waals surface area contributed by atoms with E-state index in [2.05, 4.69) is 0 Å². The van der Waals surface area contributed by atoms with Gasteiger partial charge in [0, 0.05) is 12.1 Å². The van der Waals surface area contributed by atoms with Gasteiger partial charge in [-0.3, -0.25) is 10.1 Å². The molecule has 0 spiro atoms. The van der Waals surface area contributed by atoms with Crippen LogP contribution >= 0.6 is 23.2 Å². The van der Waals surface area contributed by atoms with Crippen molar-refractivity contribution in [3.8, 4) is 5.75 Å². The Morgan fingerprint density at radius 2 is 1.89 bits per heavy atom. The lowest BCUT2D eigenvalue weighted by molar-refractivity contribution is -0.386. The van der Waals surface area contributed by atoms with Crippen molar-refractivity contribution in [1.29, 1.82) is 0 Å². The van der Waals surface area contributed by atoms with Gasteiger partial charge in [-0.2, -0.15) is 0 Å². The molecule has 0 bridgehead atoms. The summed E-state index contributed by atoms with van der Waals surface area (Å²) in [6.07, 6.45) is 2.12. The van der Waals surface area contributed by atoms with Crippen LogP contribution in [0.4, 0.5) is 5.69 Å². The average molecular weight is 306 g/mol. The van der Waals surface area contributed by atoms with Crippen LogP contribution in [0.1, 0.15) is 25.7 Å². The minimum atomic E-state index is -0.609. The SMILES string of the molecule is O=[N+]([O-])c1cc(Cl)c(Cl)cc1O[C@H]1CCCC[C@@H]1O. The first-order valence-electron chi connectivity index (χ1n) is 5.97. The minimum absolute atomic E-state index is 0.0466. The fourth-order valence-electron chi connectivity index (χ4n) is 2.13. The summed E-state index contributed by atoms with van der Waals surface area (Å²) in [5.41, 5.74) is -0.243. The van der Waals surface area contributed by atoms with Gasteiger partial charge in [0.15, 0.2) is 5.75 Å². The first-order chi connectivity index (χ1) is 8.99. The van der Waals surface area contributed by atoms with Crippen LogP contribution in [0, 0.1) is 10.1 Å². The molecule has 2 atom stereocenters. The largest absolute Gasteiger partial charge is 0.481 e. The van der Waals surface area contributed by atoms with Gasteiger partial charge in [0.2, 0.25) is 0 Å². The Labute approximate surface area is 120 Å². The first-order valence-corrected chi connectivity index (χ1v) is 6.73. The Balaban J connectivity index is 2.27. The maximum Gasteiger partial charge on any atom is 0.312 e. The maximum atomic E-state index is 11.0. The quantitative estimate of drug-likeness (QED) is 0.684. The van der Waals surface area contributed by atoms with Crippen LogP contribution in [0.2, 0.25) is 10.0 Å². The molecule has 0 saturated heterocycles. The summed E-state index contributed by atoms with van der Waals surface area (Å²) in [4.78, 5) is 10.4. The third kappa shape index (κ3) is 3.29. The molecular formula is C12H13Cl2NO4. The molecule has 2 rings (SSSR count). The number of nitro groups is 1. The van der Waals surface area contributed by atoms with E-state index in [4.69, 9.17) is 27.9 Å². The summed E-state index contributed by atoms with van der Waals surface area (Å²) >= 11 is 11.6. The summed E-state index contributed by atoms with van der Waals surface area (Å²) in [5.74, 6) is 0.0466. The number of aliphatic hydroxyl groups is 1. The monoisotopic (exact) mass is 305 g/mol. The Hall–Kier alpha value is -1.04. The van der Waals surface area contributed by atoms with E-state index in [0.717, 1.165) is 18.9 Å². The Bertz CT molecular complexity index is 495. The lowest BCUT2D eigenvalue weighted by atomic mass is 9.95. The number of halogens is 2. The summed E-state index contributed by atoms with van der Waals surface area (Å²) in [7, 11) is 0. The Morgan fingerprint density at radius 3 is 2.53 bits per heavy atom. The lowest BCUT2D eigenvalue weighted by Crippen LogP contribution is -2.34. The number of benzene rings is 1. The fraction of sp³-hybridized carbons (Fsp3) is 0.500. The van der Waals surface area contributed by atoms with Crippen LogP contribution in [0.25, 0.3) is 0 Å². The van der Waals surface area contributed by atoms with Gasteiger partial charge in [-0.1, -0.05) is 29.6 Å². The normalized spacial score (nSPS) is 23.1. The number of nitrogens with zero attached hydrogens (tertiary/aromatic N) is 1. The van der Waals surface area contributed by atoms with Crippen molar-refractivity contribution in [3.63, 3.8) is 0 Å². The number of hydrogen-bond acceptors (Lipinski definition) is 4. The molecule has 0 amide bonds. The summed E-state index contributed by atoms with van der Waals surface area (Å²) in [5, 5.41) is 21.1. The molecule has 1 aromatic rings. The first kappa shape index (κ1) is 14.4. The van der Waals surface area contributed by atoms with Crippen molar-refractivity contribution in [2.24, 2.45) is 0 Å². The van der Waals surface area contributed by atoms with Crippen LogP contribution < -0.4 is 4.74 Å². The van der Waals surface area contributed by atoms with Crippen molar-refractivity contribution in [2.75, 3.05) is 0 Å². The summed E-state index contributed by atoms with van der Waals surface area (Å²) in [6, 6.07) is 2.48. The molecule has 104 valence electrons. The second-order valence-electron chi connectivity index (χ2n) is 4.50. The summed E-state index contributed by atoms with van der Waals surface area (Å²) < 4.78 is 5.56. The van der Waals surface area contributed by atoms with Crippen LogP contribution in [0.5, 0.6) is 5.75 Å². The van der Waals surface area contributed by atoms with Gasteiger partial charge in [0.05, 0.1) is 21.1 Å². The fourth-order valence-corrected chi connectivity index (χ4v) is 2.44. The molecular weight excluding hydrogens is 293 g/mol. The predicted octanol–water partition coefficient (Wildman–Crippen LogP) is 3.58. The van der Waals surface area contributed by atoms with Gasteiger partial charge in [-0.05, 0) is 19.3 Å². The molecule has 1 aromatic carbocycles. The van der Waals surface area contributed by atoms with E-state index in [1.165, 1.54) is 6.07 Å². The number of ether oxygens (including phenoxy) is 1. The molecule has 1 saturated carbocycles. The zero-order valence-corrected chi connectivity index (χ0v) is 11.5. The van der Waals surface area contributed by atoms with E-state index < -0.39 is 17.1 Å². The topological polar surface area (TPSA) is 72.6 Å². The maximum absolute atomic E-state index is 11.0. The van der Waals surface area contributed by atoms with Crippen molar-refractivity contribution in [3.05, 3.63) is 32.3 Å². The number of aliphatic hydroxyl groups excluding tert-OH is 1. The number of hydrogen-bond donors (Lipinski definition) is 1. The van der Waals surface area contributed by atoms with Crippen molar-refractivity contribution in [2.45, 2.75) is 37.9 Å². The van der Waals surface area contributed by atoms with Crippen LogP contribution in [0.15, 0.2) is 12.1 Å². The highest BCUT2D eigenvalue weighted by molar-refractivity contribution is 6.42. The van der Waals surface area contributed by atoms with Gasteiger partial charge in [0.1, 0.15) is 6.10 Å². The molecule has 19 heavy (non-hydrogen) atoms. The van der Waals surface area contributed by atoms with Crippen LogP contribution in [-0.2, 0) is 0 Å². The van der Waals surface area contributed by atoms with Crippen molar-refractivity contribution < 1.29 is 14.8 Å². The third-order valence-electron chi connectivity index (χ3n) is 3.14. The third-order valence-corrected chi connectivity index (χ3v) is 3.87. The van der Waals surface area contributed by atoms with Gasteiger partial charge in [0.25, 0.3) is 0 Å². The van der Waals surface area contributed by atoms with Gasteiger partial charge in [-0.25, -0.2) is 0 Å². The average Bonchev–Trinajstić information content (AvgIpc) is 2.36. The lowest BCUT2D eigenvalue weighted by Gasteiger charge is -2.28. The van der Waals surface area contributed by atoms with Crippen LogP contribution in [0.3, 0.4) is 0 Å². The molecule has 0 aliphatic heterocycles. The zero-order valence-electron chi connectivity index (χ0n) is 10.0. The molecule has 5 nitrogen and oxygen atoms in total. The molecule has 0 heterocycles. The van der Waals surface area contributed by atoms with E-state index in [0.29, 0.717) is 12.8 Å². The zero-order chi connectivity index (χ0) is 14.0. The number of rotatable bonds is 3. The highest BCUT2D eigenvalue weighted by Crippen LogP contribution is 2.37. The van der Waals surface area contributed by atoms with Gasteiger partial charge < -0.3 is 9.84 Å². The predicted molar refractivity (Wildman–Crippen MR) is 72.0 cm³/mol. The minimum Gasteiger partial charge on any atom is -0.481 e. The molecule has 0 unspecified atom stereocenters. The standard InChI is InChI=1S/C12H13Cl2NO4/c13-7-5-9(15(17)18)12(6-8(7)14)19-11-4-2-1-3-10(11)16/h5-6,10-11,16H,1-4H2/t10-,11-/m0/s1. The molecule has 1 N–H and O–H groups in total. The molecule has 1 aliphatic carbocycles. The van der Waals surface area contributed by atoms with E-state index in [9.17, 15) is 15.2 Å². The Kier molecular flexibility index (Phi) is 4.50. The molecule has 7 heteroatoms. The van der Waals surface area contributed by atoms with Gasteiger partial charge >= 0.3 is 5.69 Å².